The van der Waals surface area contributed by atoms with Gasteiger partial charge in [-0.15, -0.1) is 0 Å². The van der Waals surface area contributed by atoms with Crippen molar-refractivity contribution in [2.75, 3.05) is 6.54 Å². The normalized spacial score (nSPS) is 12.0. The molecule has 0 saturated heterocycles. The monoisotopic (exact) mass is 262 g/mol. The molecule has 0 fully saturated rings. The summed E-state index contributed by atoms with van der Waals surface area (Å²) in [7, 11) is 1.89. The van der Waals surface area contributed by atoms with Crippen LogP contribution in [0.2, 0.25) is 0 Å². The van der Waals surface area contributed by atoms with Crippen molar-refractivity contribution in [3.63, 3.8) is 0 Å². The molecule has 2 aromatic rings. The second-order valence-electron chi connectivity index (χ2n) is 5.74. The van der Waals surface area contributed by atoms with Gasteiger partial charge in [0.15, 0.2) is 11.7 Å². The summed E-state index contributed by atoms with van der Waals surface area (Å²) in [6.07, 6.45) is 5.39. The molecule has 0 aromatic carbocycles. The average molecular weight is 262 g/mol. The van der Waals surface area contributed by atoms with Crippen LogP contribution in [0.4, 0.5) is 0 Å². The van der Waals surface area contributed by atoms with E-state index in [0.717, 1.165) is 36.7 Å². The number of hydrogen-bond acceptors (Lipinski definition) is 4. The van der Waals surface area contributed by atoms with Gasteiger partial charge in [0.2, 0.25) is 0 Å². The minimum absolute atomic E-state index is 0.163. The van der Waals surface area contributed by atoms with Crippen molar-refractivity contribution in [3.8, 4) is 11.5 Å². The van der Waals surface area contributed by atoms with Gasteiger partial charge in [-0.25, -0.2) is 4.98 Å². The molecule has 0 unspecified atom stereocenters. The standard InChI is InChI=1S/C14H22N4O/c1-14(2,3)16-8-5-6-13-15-10-12(19-13)11-7-9-17-18(11)4/h7,9-10,16H,5-6,8H2,1-4H3. The zero-order valence-electron chi connectivity index (χ0n) is 12.1. The Balaban J connectivity index is 1.87. The number of rotatable bonds is 5. The van der Waals surface area contributed by atoms with Crippen molar-refractivity contribution >= 4 is 0 Å². The van der Waals surface area contributed by atoms with E-state index in [1.54, 1.807) is 17.1 Å². The van der Waals surface area contributed by atoms with Crippen molar-refractivity contribution in [1.82, 2.24) is 20.1 Å². The Morgan fingerprint density at radius 1 is 1.37 bits per heavy atom. The fraction of sp³-hybridized carbons (Fsp3) is 0.571. The lowest BCUT2D eigenvalue weighted by Gasteiger charge is -2.19. The van der Waals surface area contributed by atoms with Crippen LogP contribution in [0, 0.1) is 0 Å². The lowest BCUT2D eigenvalue weighted by molar-refractivity contribution is 0.412. The van der Waals surface area contributed by atoms with Crippen LogP contribution >= 0.6 is 0 Å². The first kappa shape index (κ1) is 13.8. The van der Waals surface area contributed by atoms with Crippen LogP contribution < -0.4 is 5.32 Å². The Morgan fingerprint density at radius 2 is 2.16 bits per heavy atom. The Labute approximate surface area is 114 Å². The summed E-state index contributed by atoms with van der Waals surface area (Å²) in [6.45, 7) is 7.46. The van der Waals surface area contributed by atoms with Crippen molar-refractivity contribution in [2.45, 2.75) is 39.2 Å². The number of oxazole rings is 1. The first-order valence-corrected chi connectivity index (χ1v) is 6.64. The van der Waals surface area contributed by atoms with Gasteiger partial charge in [0.1, 0.15) is 5.69 Å². The van der Waals surface area contributed by atoms with Gasteiger partial charge in [-0.1, -0.05) is 0 Å². The number of nitrogens with one attached hydrogen (secondary N) is 1. The number of nitrogens with zero attached hydrogens (tertiary/aromatic N) is 3. The predicted octanol–water partition coefficient (Wildman–Crippen LogP) is 2.40. The van der Waals surface area contributed by atoms with E-state index < -0.39 is 0 Å². The van der Waals surface area contributed by atoms with E-state index in [1.807, 2.05) is 13.1 Å². The van der Waals surface area contributed by atoms with Gasteiger partial charge < -0.3 is 9.73 Å². The van der Waals surface area contributed by atoms with Crippen molar-refractivity contribution in [3.05, 3.63) is 24.4 Å². The molecule has 5 heteroatoms. The quantitative estimate of drug-likeness (QED) is 0.841. The number of aromatic nitrogens is 3. The van der Waals surface area contributed by atoms with Crippen LogP contribution in [-0.2, 0) is 13.5 Å². The average Bonchev–Trinajstić information content (AvgIpc) is 2.91. The topological polar surface area (TPSA) is 55.9 Å². The van der Waals surface area contributed by atoms with E-state index in [0.29, 0.717) is 0 Å². The minimum Gasteiger partial charge on any atom is -0.439 e. The zero-order chi connectivity index (χ0) is 13.9. The number of aryl methyl sites for hydroxylation is 2. The van der Waals surface area contributed by atoms with Crippen molar-refractivity contribution < 1.29 is 4.42 Å². The maximum Gasteiger partial charge on any atom is 0.195 e. The molecule has 0 amide bonds. The molecule has 2 aromatic heterocycles. The third-order valence-electron chi connectivity index (χ3n) is 2.85. The zero-order valence-corrected chi connectivity index (χ0v) is 12.1. The second kappa shape index (κ2) is 5.57. The molecule has 0 aliphatic heterocycles. The lowest BCUT2D eigenvalue weighted by atomic mass is 10.1. The third-order valence-corrected chi connectivity index (χ3v) is 2.85. The highest BCUT2D eigenvalue weighted by Crippen LogP contribution is 2.19. The highest BCUT2D eigenvalue weighted by Gasteiger charge is 2.10. The van der Waals surface area contributed by atoms with E-state index in [-0.39, 0.29) is 5.54 Å². The van der Waals surface area contributed by atoms with Crippen LogP contribution in [0.5, 0.6) is 0 Å². The Kier molecular flexibility index (Phi) is 4.04. The highest BCUT2D eigenvalue weighted by molar-refractivity contribution is 5.50. The van der Waals surface area contributed by atoms with E-state index in [1.165, 1.54) is 0 Å². The van der Waals surface area contributed by atoms with Gasteiger partial charge >= 0.3 is 0 Å². The second-order valence-corrected chi connectivity index (χ2v) is 5.74. The van der Waals surface area contributed by atoms with E-state index in [9.17, 15) is 0 Å². The van der Waals surface area contributed by atoms with Crippen LogP contribution in [0.3, 0.4) is 0 Å². The van der Waals surface area contributed by atoms with Gasteiger partial charge in [0.25, 0.3) is 0 Å². The molecule has 0 spiro atoms. The predicted molar refractivity (Wildman–Crippen MR) is 74.8 cm³/mol. The van der Waals surface area contributed by atoms with Gasteiger partial charge in [-0.2, -0.15) is 5.10 Å². The van der Waals surface area contributed by atoms with E-state index >= 15 is 0 Å². The first-order chi connectivity index (χ1) is 8.96. The van der Waals surface area contributed by atoms with Gasteiger partial charge in [0, 0.05) is 25.2 Å². The molecule has 2 rings (SSSR count). The van der Waals surface area contributed by atoms with Crippen LogP contribution in [0.25, 0.3) is 11.5 Å². The third kappa shape index (κ3) is 3.92. The Morgan fingerprint density at radius 3 is 2.79 bits per heavy atom. The Bertz CT molecular complexity index is 522. The summed E-state index contributed by atoms with van der Waals surface area (Å²) in [5.41, 5.74) is 1.11. The van der Waals surface area contributed by atoms with E-state index in [2.05, 4.69) is 36.2 Å². The molecular weight excluding hydrogens is 240 g/mol. The van der Waals surface area contributed by atoms with Crippen molar-refractivity contribution in [1.29, 1.82) is 0 Å². The molecule has 0 aliphatic rings. The molecule has 0 atom stereocenters. The molecule has 0 radical (unpaired) electrons. The molecule has 19 heavy (non-hydrogen) atoms. The number of hydrogen-bond donors (Lipinski definition) is 1. The molecule has 2 heterocycles. The fourth-order valence-electron chi connectivity index (χ4n) is 1.86. The SMILES string of the molecule is Cn1nccc1-c1cnc(CCCNC(C)(C)C)o1. The summed E-state index contributed by atoms with van der Waals surface area (Å²) in [5.74, 6) is 1.56. The summed E-state index contributed by atoms with van der Waals surface area (Å²) >= 11 is 0. The minimum atomic E-state index is 0.163. The van der Waals surface area contributed by atoms with Crippen LogP contribution in [-0.4, -0.2) is 26.8 Å². The maximum absolute atomic E-state index is 5.74. The summed E-state index contributed by atoms with van der Waals surface area (Å²) in [4.78, 5) is 4.31. The largest absolute Gasteiger partial charge is 0.439 e. The van der Waals surface area contributed by atoms with Crippen LogP contribution in [0.1, 0.15) is 33.1 Å². The summed E-state index contributed by atoms with van der Waals surface area (Å²) in [5, 5.41) is 7.58. The molecule has 0 saturated carbocycles. The first-order valence-electron chi connectivity index (χ1n) is 6.64. The smallest absolute Gasteiger partial charge is 0.195 e. The van der Waals surface area contributed by atoms with Crippen LogP contribution in [0.15, 0.2) is 22.9 Å². The summed E-state index contributed by atoms with van der Waals surface area (Å²) < 4.78 is 7.52. The molecular formula is C14H22N4O. The Hall–Kier alpha value is -1.62. The van der Waals surface area contributed by atoms with Crippen molar-refractivity contribution in [2.24, 2.45) is 7.05 Å². The maximum atomic E-state index is 5.74. The molecule has 1 N–H and O–H groups in total. The molecule has 5 nitrogen and oxygen atoms in total. The van der Waals surface area contributed by atoms with Gasteiger partial charge in [0.05, 0.1) is 6.20 Å². The fourth-order valence-corrected chi connectivity index (χ4v) is 1.86. The van der Waals surface area contributed by atoms with Gasteiger partial charge in [-0.05, 0) is 39.8 Å². The lowest BCUT2D eigenvalue weighted by Crippen LogP contribution is -2.36. The molecule has 0 aliphatic carbocycles. The highest BCUT2D eigenvalue weighted by atomic mass is 16.4. The molecule has 0 bridgehead atoms. The van der Waals surface area contributed by atoms with E-state index in [4.69, 9.17) is 4.42 Å². The van der Waals surface area contributed by atoms with Gasteiger partial charge in [-0.3, -0.25) is 4.68 Å². The molecule has 104 valence electrons. The summed E-state index contributed by atoms with van der Waals surface area (Å²) in [6, 6.07) is 1.92.